The van der Waals surface area contributed by atoms with Gasteiger partial charge in [0.1, 0.15) is 18.5 Å². The topological polar surface area (TPSA) is 157 Å². The second-order valence-corrected chi connectivity index (χ2v) is 18.2. The lowest BCUT2D eigenvalue weighted by Crippen LogP contribution is -2.55. The molecule has 4 amide bonds. The summed E-state index contributed by atoms with van der Waals surface area (Å²) < 4.78 is 27.3. The summed E-state index contributed by atoms with van der Waals surface area (Å²) in [7, 11) is 0. The van der Waals surface area contributed by atoms with Crippen molar-refractivity contribution < 1.29 is 33.0 Å². The minimum absolute atomic E-state index is 0.00623. The summed E-state index contributed by atoms with van der Waals surface area (Å²) in [6.45, 7) is 10.0. The number of hydrogen-bond acceptors (Lipinski definition) is 9. The Kier molecular flexibility index (Phi) is 14.5. The van der Waals surface area contributed by atoms with Crippen molar-refractivity contribution >= 4 is 34.4 Å². The number of rotatable bonds is 12. The third kappa shape index (κ3) is 11.6. The Labute approximate surface area is 357 Å². The van der Waals surface area contributed by atoms with E-state index in [-0.39, 0.29) is 53.6 Å². The number of ether oxygens (including phenoxy) is 2. The lowest BCUT2D eigenvalue weighted by atomic mass is 9.83. The lowest BCUT2D eigenvalue weighted by Gasteiger charge is -2.40. The summed E-state index contributed by atoms with van der Waals surface area (Å²) in [5.41, 5.74) is 0.569. The Bertz CT molecular complexity index is 2080. The number of nitrogens with one attached hydrogen (secondary N) is 2. The molecule has 3 aromatic rings. The molecule has 330 valence electrons. The molecule has 3 saturated heterocycles. The molecule has 1 aliphatic carbocycles. The number of likely N-dealkylation sites (tertiary alicyclic amines) is 2. The molecule has 61 heavy (non-hydrogen) atoms. The van der Waals surface area contributed by atoms with Gasteiger partial charge in [0.2, 0.25) is 17.7 Å². The van der Waals surface area contributed by atoms with Crippen LogP contribution in [0.2, 0.25) is 0 Å². The fourth-order valence-corrected chi connectivity index (χ4v) is 9.20. The molecular weight excluding hydrogens is 782 g/mol. The number of piperidine rings is 2. The van der Waals surface area contributed by atoms with Crippen molar-refractivity contribution in [3.05, 3.63) is 75.5 Å². The van der Waals surface area contributed by atoms with E-state index in [0.717, 1.165) is 64.5 Å². The monoisotopic (exact) mass is 843 g/mol. The van der Waals surface area contributed by atoms with E-state index in [0.29, 0.717) is 74.3 Å². The van der Waals surface area contributed by atoms with Crippen LogP contribution in [-0.4, -0.2) is 143 Å². The number of halogens is 1. The van der Waals surface area contributed by atoms with Crippen molar-refractivity contribution in [2.24, 2.45) is 5.92 Å². The van der Waals surface area contributed by atoms with Crippen LogP contribution in [0.15, 0.2) is 47.3 Å². The van der Waals surface area contributed by atoms with Crippen molar-refractivity contribution in [1.29, 1.82) is 0 Å². The summed E-state index contributed by atoms with van der Waals surface area (Å²) in [6.07, 6.45) is 8.80. The number of hydrogen-bond donors (Lipinski definition) is 2. The maximum atomic E-state index is 15.0. The van der Waals surface area contributed by atoms with Crippen LogP contribution in [0.4, 0.5) is 4.39 Å². The van der Waals surface area contributed by atoms with E-state index in [4.69, 9.17) is 9.47 Å². The van der Waals surface area contributed by atoms with E-state index < -0.39 is 23.4 Å². The highest BCUT2D eigenvalue weighted by Crippen LogP contribution is 2.29. The first-order valence-corrected chi connectivity index (χ1v) is 22.2. The second-order valence-electron chi connectivity index (χ2n) is 18.2. The zero-order valence-electron chi connectivity index (χ0n) is 36.0. The molecule has 3 aliphatic heterocycles. The van der Waals surface area contributed by atoms with Gasteiger partial charge in [0.25, 0.3) is 11.5 Å². The highest BCUT2D eigenvalue weighted by Gasteiger charge is 2.37. The predicted octanol–water partition coefficient (Wildman–Crippen LogP) is 4.29. The Morgan fingerprint density at radius 1 is 0.820 bits per heavy atom. The van der Waals surface area contributed by atoms with Crippen LogP contribution in [0.5, 0.6) is 0 Å². The number of aromatic amines is 1. The highest BCUT2D eigenvalue weighted by atomic mass is 19.1. The van der Waals surface area contributed by atoms with Gasteiger partial charge in [0.15, 0.2) is 0 Å². The highest BCUT2D eigenvalue weighted by molar-refractivity contribution is 5.95. The second kappa shape index (κ2) is 20.0. The van der Waals surface area contributed by atoms with Gasteiger partial charge >= 0.3 is 0 Å². The van der Waals surface area contributed by atoms with E-state index in [2.05, 4.69) is 20.4 Å². The summed E-state index contributed by atoms with van der Waals surface area (Å²) in [5, 5.41) is 11.0. The number of carbonyl (C=O) groups is 4. The molecule has 4 aliphatic rings. The number of H-pyrrole nitrogens is 1. The first kappa shape index (κ1) is 44.3. The molecule has 14 nitrogen and oxygen atoms in total. The van der Waals surface area contributed by atoms with Crippen molar-refractivity contribution in [2.45, 2.75) is 109 Å². The van der Waals surface area contributed by atoms with Crippen molar-refractivity contribution in [1.82, 2.24) is 35.1 Å². The molecular formula is C46H62FN7O7. The molecule has 0 unspecified atom stereocenters. The van der Waals surface area contributed by atoms with Gasteiger partial charge in [-0.3, -0.25) is 28.9 Å². The summed E-state index contributed by atoms with van der Waals surface area (Å²) in [5.74, 6) is -1.11. The van der Waals surface area contributed by atoms with Gasteiger partial charge in [-0.25, -0.2) is 9.49 Å². The zero-order chi connectivity index (χ0) is 43.1. The molecule has 4 heterocycles. The van der Waals surface area contributed by atoms with Crippen LogP contribution in [0.3, 0.4) is 0 Å². The van der Waals surface area contributed by atoms with Crippen LogP contribution in [0, 0.1) is 11.7 Å². The molecule has 0 radical (unpaired) electrons. The Morgan fingerprint density at radius 2 is 1.46 bits per heavy atom. The first-order chi connectivity index (χ1) is 29.3. The van der Waals surface area contributed by atoms with E-state index in [1.165, 1.54) is 12.5 Å². The summed E-state index contributed by atoms with van der Waals surface area (Å²) in [6, 6.07) is 11.1. The number of aromatic nitrogens is 2. The van der Waals surface area contributed by atoms with E-state index >= 15 is 4.39 Å². The quantitative estimate of drug-likeness (QED) is 0.272. The van der Waals surface area contributed by atoms with Crippen molar-refractivity contribution in [3.8, 4) is 0 Å². The van der Waals surface area contributed by atoms with Crippen molar-refractivity contribution in [2.75, 3.05) is 65.5 Å². The molecule has 2 N–H and O–H groups in total. The molecule has 15 heteroatoms. The largest absolute Gasteiger partial charge is 0.375 e. The minimum atomic E-state index is -0.608. The average Bonchev–Trinajstić information content (AvgIpc) is 3.27. The lowest BCUT2D eigenvalue weighted by molar-refractivity contribution is -0.144. The fourth-order valence-electron chi connectivity index (χ4n) is 9.20. The van der Waals surface area contributed by atoms with Crippen LogP contribution >= 0.6 is 0 Å². The van der Waals surface area contributed by atoms with Gasteiger partial charge in [-0.2, -0.15) is 5.10 Å². The van der Waals surface area contributed by atoms with E-state index in [9.17, 15) is 24.0 Å². The number of fused-ring (bicyclic) bond motifs is 1. The van der Waals surface area contributed by atoms with Crippen LogP contribution in [0.25, 0.3) is 10.8 Å². The van der Waals surface area contributed by atoms with Gasteiger partial charge in [0.05, 0.1) is 41.0 Å². The van der Waals surface area contributed by atoms with Crippen LogP contribution in [-0.2, 0) is 30.3 Å². The van der Waals surface area contributed by atoms with Gasteiger partial charge in [-0.1, -0.05) is 43.5 Å². The minimum Gasteiger partial charge on any atom is -0.375 e. The Balaban J connectivity index is 0.824. The van der Waals surface area contributed by atoms with Crippen LogP contribution in [0.1, 0.15) is 100 Å². The maximum Gasteiger partial charge on any atom is 0.272 e. The normalized spacial score (nSPS) is 19.6. The smallest absolute Gasteiger partial charge is 0.272 e. The predicted molar refractivity (Wildman–Crippen MR) is 228 cm³/mol. The SMILES string of the molecule is CC(C)(C)OCC(=O)N[C@@H](C(=O)N1CCC(OC2CCN(CC(=O)N3CCN(C(=O)c4cc(Cc5n[nH]c(=O)c6ccccc56)ccc4F)CC3)CC2)CC1)C1CCCCC1. The van der Waals surface area contributed by atoms with E-state index in [1.54, 1.807) is 34.1 Å². The molecule has 4 fully saturated rings. The average molecular weight is 844 g/mol. The van der Waals surface area contributed by atoms with E-state index in [1.807, 2.05) is 37.8 Å². The Hall–Kier alpha value is -4.73. The number of carbonyl (C=O) groups excluding carboxylic acids is 4. The standard InChI is InChI=1S/C46H62FN7O7/c1-46(2,3)60-30-40(55)48-42(32-9-5-4-6-10-32)45(59)53-21-17-34(18-22-53)61-33-15-19-51(20-16-33)29-41(56)52-23-25-54(26-24-52)44(58)37-27-31(13-14-38(37)47)28-39-35-11-7-8-12-36(35)43(57)50-49-39/h7-8,11-14,27,32-34,42H,4-6,9-10,15-26,28-30H2,1-3H3,(H,48,55)(H,50,57)/t42-/m1/s1. The number of piperazine rings is 1. The molecule has 2 aromatic carbocycles. The fraction of sp³-hybridized carbons (Fsp3) is 0.609. The van der Waals surface area contributed by atoms with Gasteiger partial charge < -0.3 is 29.5 Å². The molecule has 1 atom stereocenters. The number of benzene rings is 2. The third-order valence-electron chi connectivity index (χ3n) is 12.7. The van der Waals surface area contributed by atoms with Gasteiger partial charge in [0, 0.05) is 64.2 Å². The van der Waals surface area contributed by atoms with Crippen LogP contribution < -0.4 is 10.9 Å². The summed E-state index contributed by atoms with van der Waals surface area (Å²) in [4.78, 5) is 73.3. The summed E-state index contributed by atoms with van der Waals surface area (Å²) >= 11 is 0. The maximum absolute atomic E-state index is 15.0. The number of amides is 4. The van der Waals surface area contributed by atoms with Gasteiger partial charge in [-0.15, -0.1) is 0 Å². The molecule has 0 bridgehead atoms. The third-order valence-corrected chi connectivity index (χ3v) is 12.7. The first-order valence-electron chi connectivity index (χ1n) is 22.2. The molecule has 0 spiro atoms. The zero-order valence-corrected chi connectivity index (χ0v) is 36.0. The van der Waals surface area contributed by atoms with Gasteiger partial charge in [-0.05, 0) is 89.0 Å². The molecule has 1 aromatic heterocycles. The Morgan fingerprint density at radius 3 is 2.13 bits per heavy atom. The van der Waals surface area contributed by atoms with Crippen molar-refractivity contribution in [3.63, 3.8) is 0 Å². The number of nitrogens with zero attached hydrogens (tertiary/aromatic N) is 5. The molecule has 1 saturated carbocycles. The molecule has 7 rings (SSSR count).